The van der Waals surface area contributed by atoms with Gasteiger partial charge in [0.2, 0.25) is 0 Å². The van der Waals surface area contributed by atoms with Gasteiger partial charge in [-0.15, -0.1) is 12.4 Å². The Morgan fingerprint density at radius 3 is 1.24 bits per heavy atom. The highest BCUT2D eigenvalue weighted by Crippen LogP contribution is 2.19. The predicted molar refractivity (Wildman–Crippen MR) is 195 cm³/mol. The van der Waals surface area contributed by atoms with Gasteiger partial charge in [0.1, 0.15) is 6.04 Å². The number of carboxylic acid groups (broad SMARTS) is 1. The zero-order valence-corrected chi connectivity index (χ0v) is 26.5. The Morgan fingerprint density at radius 2 is 0.889 bits per heavy atom. The van der Waals surface area contributed by atoms with E-state index in [1.165, 1.54) is 11.1 Å². The van der Waals surface area contributed by atoms with Crippen LogP contribution in [-0.4, -0.2) is 11.1 Å². The van der Waals surface area contributed by atoms with Crippen LogP contribution >= 0.6 is 12.4 Å². The molecule has 0 amide bonds. The molecule has 0 heterocycles. The van der Waals surface area contributed by atoms with Gasteiger partial charge in [0.15, 0.2) is 0 Å². The summed E-state index contributed by atoms with van der Waals surface area (Å²) in [6.45, 7) is 13.0. The lowest BCUT2D eigenvalue weighted by molar-refractivity contribution is -0.138. The molecule has 5 heteroatoms. The van der Waals surface area contributed by atoms with Gasteiger partial charge in [0.05, 0.1) is 6.04 Å². The zero-order chi connectivity index (χ0) is 32.2. The van der Waals surface area contributed by atoms with Gasteiger partial charge >= 0.3 is 5.97 Å². The Labute approximate surface area is 274 Å². The molecular weight excluding hydrogens is 576 g/mol. The van der Waals surface area contributed by atoms with E-state index in [1.807, 2.05) is 97.1 Å². The van der Waals surface area contributed by atoms with E-state index in [0.717, 1.165) is 22.3 Å². The van der Waals surface area contributed by atoms with Crippen molar-refractivity contribution in [2.24, 2.45) is 11.5 Å². The molecule has 0 aromatic heterocycles. The summed E-state index contributed by atoms with van der Waals surface area (Å²) in [7, 11) is 0. The van der Waals surface area contributed by atoms with Crippen molar-refractivity contribution in [1.82, 2.24) is 0 Å². The maximum absolute atomic E-state index is 10.4. The second-order valence-corrected chi connectivity index (χ2v) is 9.72. The second kappa shape index (κ2) is 21.7. The molecule has 0 saturated carbocycles. The molecule has 0 aliphatic heterocycles. The highest BCUT2D eigenvalue weighted by Gasteiger charge is 2.12. The number of aliphatic carboxylic acids is 1. The van der Waals surface area contributed by atoms with Crippen LogP contribution in [0.4, 0.5) is 0 Å². The van der Waals surface area contributed by atoms with Crippen LogP contribution in [-0.2, 0) is 4.79 Å². The van der Waals surface area contributed by atoms with Crippen molar-refractivity contribution in [3.05, 3.63) is 198 Å². The van der Waals surface area contributed by atoms with Crippen LogP contribution in [0.5, 0.6) is 0 Å². The molecule has 5 aromatic rings. The highest BCUT2D eigenvalue weighted by molar-refractivity contribution is 5.85. The summed E-state index contributed by atoms with van der Waals surface area (Å²) in [6, 6.07) is 44.4. The molecule has 4 nitrogen and oxygen atoms in total. The molecule has 5 N–H and O–H groups in total. The van der Waals surface area contributed by atoms with Gasteiger partial charge < -0.3 is 16.6 Å². The topological polar surface area (TPSA) is 89.3 Å². The van der Waals surface area contributed by atoms with Crippen LogP contribution in [0, 0.1) is 6.92 Å². The molecule has 0 fully saturated rings. The lowest BCUT2D eigenvalue weighted by Crippen LogP contribution is -2.20. The number of rotatable bonds is 7. The Hall–Kier alpha value is -5.00. The molecule has 0 spiro atoms. The van der Waals surface area contributed by atoms with E-state index < -0.39 is 12.0 Å². The Kier molecular flexibility index (Phi) is 18.3. The van der Waals surface area contributed by atoms with Gasteiger partial charge in [-0.25, -0.2) is 0 Å². The molecule has 232 valence electrons. The molecule has 0 aliphatic rings. The molecule has 5 aromatic carbocycles. The smallest absolute Gasteiger partial charge is 0.325 e. The molecule has 45 heavy (non-hydrogen) atoms. The van der Waals surface area contributed by atoms with E-state index >= 15 is 0 Å². The van der Waals surface area contributed by atoms with Gasteiger partial charge in [-0.3, -0.25) is 4.79 Å². The van der Waals surface area contributed by atoms with Crippen LogP contribution in [0.1, 0.15) is 51.0 Å². The summed E-state index contributed by atoms with van der Waals surface area (Å²) in [4.78, 5) is 10.4. The van der Waals surface area contributed by atoms with Crippen molar-refractivity contribution < 1.29 is 9.90 Å². The van der Waals surface area contributed by atoms with Crippen molar-refractivity contribution in [2.45, 2.75) is 19.0 Å². The Bertz CT molecular complexity index is 1510. The number of carbonyl (C=O) groups is 1. The van der Waals surface area contributed by atoms with Gasteiger partial charge in [-0.2, -0.15) is 0 Å². The van der Waals surface area contributed by atoms with Crippen molar-refractivity contribution in [1.29, 1.82) is 0 Å². The van der Waals surface area contributed by atoms with Crippen molar-refractivity contribution in [3.63, 3.8) is 0 Å². The van der Waals surface area contributed by atoms with Gasteiger partial charge in [0.25, 0.3) is 0 Å². The molecule has 0 saturated heterocycles. The average molecular weight is 619 g/mol. The maximum Gasteiger partial charge on any atom is 0.325 e. The van der Waals surface area contributed by atoms with Crippen LogP contribution in [0.25, 0.3) is 18.2 Å². The summed E-state index contributed by atoms with van der Waals surface area (Å²) < 4.78 is 0. The Balaban J connectivity index is 0.000000306. The third kappa shape index (κ3) is 14.3. The van der Waals surface area contributed by atoms with Crippen LogP contribution in [0.2, 0.25) is 0 Å². The largest absolute Gasteiger partial charge is 0.480 e. The van der Waals surface area contributed by atoms with Crippen molar-refractivity contribution in [2.75, 3.05) is 0 Å². The van der Waals surface area contributed by atoms with E-state index in [2.05, 4.69) is 63.1 Å². The third-order valence-corrected chi connectivity index (χ3v) is 6.46. The number of aryl methyl sites for hydroxylation is 1. The van der Waals surface area contributed by atoms with Crippen LogP contribution in [0.3, 0.4) is 0 Å². The third-order valence-electron chi connectivity index (χ3n) is 6.46. The first kappa shape index (κ1) is 38.0. The minimum atomic E-state index is -1.00. The molecule has 0 bridgehead atoms. The highest BCUT2D eigenvalue weighted by atomic mass is 35.5. The Morgan fingerprint density at radius 1 is 0.556 bits per heavy atom. The van der Waals surface area contributed by atoms with E-state index in [4.69, 9.17) is 16.6 Å². The van der Waals surface area contributed by atoms with Gasteiger partial charge in [-0.1, -0.05) is 183 Å². The summed E-state index contributed by atoms with van der Waals surface area (Å²) >= 11 is 0. The second-order valence-electron chi connectivity index (χ2n) is 9.72. The maximum atomic E-state index is 10.4. The molecule has 2 atom stereocenters. The van der Waals surface area contributed by atoms with Gasteiger partial charge in [-0.05, 0) is 40.3 Å². The average Bonchev–Trinajstić information content (AvgIpc) is 3.10. The van der Waals surface area contributed by atoms with E-state index in [0.29, 0.717) is 5.56 Å². The number of carboxylic acids is 1. The summed E-state index contributed by atoms with van der Waals surface area (Å²) in [5.41, 5.74) is 19.2. The number of nitrogens with two attached hydrogens (primary N) is 2. The quantitative estimate of drug-likeness (QED) is 0.169. The molecule has 5 rings (SSSR count). The normalized spacial score (nSPS) is 10.6. The van der Waals surface area contributed by atoms with Crippen molar-refractivity contribution in [3.8, 4) is 0 Å². The number of hydrogen-bond acceptors (Lipinski definition) is 3. The first-order valence-corrected chi connectivity index (χ1v) is 14.2. The summed E-state index contributed by atoms with van der Waals surface area (Å²) in [5, 5.41) is 8.51. The van der Waals surface area contributed by atoms with Crippen molar-refractivity contribution >= 4 is 36.6 Å². The molecule has 0 aliphatic carbocycles. The van der Waals surface area contributed by atoms with Gasteiger partial charge in [0, 0.05) is 0 Å². The monoisotopic (exact) mass is 618 g/mol. The summed E-state index contributed by atoms with van der Waals surface area (Å²) in [5.74, 6) is -1.00. The fourth-order valence-corrected chi connectivity index (χ4v) is 3.79. The number of halogens is 1. The fraction of sp³-hybridized carbons (Fsp3) is 0.0750. The zero-order valence-electron chi connectivity index (χ0n) is 25.7. The van der Waals surface area contributed by atoms with E-state index in [1.54, 1.807) is 24.3 Å². The predicted octanol–water partition coefficient (Wildman–Crippen LogP) is 9.54. The SMILES string of the molecule is C=Cc1ccc(C=C)cc1.C=Cc1ccccc1.Cc1ccc(C(N)c2ccccc2)cc1.Cl.N[C@H](C(=O)O)c1ccccc1. The minimum Gasteiger partial charge on any atom is -0.480 e. The standard InChI is InChI=1S/C14H15N.C10H10.C8H9NO2.C8H8.ClH/c1-11-7-9-13(10-8-11)14(15)12-5-3-2-4-6-12;1-3-9-5-7-10(4-2)8-6-9;9-7(8(10)11)6-4-2-1-3-5-6;1-2-8-6-4-3-5-7-8;/h2-10,14H,15H2,1H3;3-8H,1-2H2;1-5,7H,9H2,(H,10,11);2-7H,1H2;1H/t;;7-;;/m..0../s1. The first-order chi connectivity index (χ1) is 21.3. The van der Waals surface area contributed by atoms with E-state index in [9.17, 15) is 4.79 Å². The van der Waals surface area contributed by atoms with Crippen LogP contribution in [0.15, 0.2) is 159 Å². The molecule has 0 radical (unpaired) electrons. The lowest BCUT2D eigenvalue weighted by Gasteiger charge is -2.12. The minimum absolute atomic E-state index is 0. The summed E-state index contributed by atoms with van der Waals surface area (Å²) in [6.07, 6.45) is 5.49. The lowest BCUT2D eigenvalue weighted by atomic mass is 9.99. The molecule has 1 unspecified atom stereocenters. The fourth-order valence-electron chi connectivity index (χ4n) is 3.79. The first-order valence-electron chi connectivity index (χ1n) is 14.2. The van der Waals surface area contributed by atoms with Crippen LogP contribution < -0.4 is 11.5 Å². The number of benzene rings is 5. The van der Waals surface area contributed by atoms with E-state index in [-0.39, 0.29) is 18.4 Å². The number of hydrogen-bond donors (Lipinski definition) is 3. The molecular formula is C40H43ClN2O2.